The number of H-pyrrole nitrogens is 1. The molecule has 0 aliphatic rings. The second-order valence-corrected chi connectivity index (χ2v) is 2.13. The average molecular weight is 151 g/mol. The van der Waals surface area contributed by atoms with Gasteiger partial charge in [-0.05, 0) is 0 Å². The van der Waals surface area contributed by atoms with Crippen LogP contribution in [0.25, 0.3) is 5.65 Å². The molecule has 11 heavy (non-hydrogen) atoms. The van der Waals surface area contributed by atoms with Crippen LogP contribution in [-0.2, 0) is 0 Å². The van der Waals surface area contributed by atoms with Gasteiger partial charge in [0.25, 0.3) is 5.56 Å². The summed E-state index contributed by atoms with van der Waals surface area (Å²) in [4.78, 5) is 13.2. The smallest absolute Gasteiger partial charge is 0.293 e. The molecule has 0 atom stereocenters. The minimum atomic E-state index is -0.502. The molecular weight excluding hydrogens is 146 g/mol. The number of hydrogen-bond acceptors (Lipinski definition) is 3. The molecule has 0 radical (unpaired) electrons. The van der Waals surface area contributed by atoms with E-state index in [1.807, 2.05) is 0 Å². The van der Waals surface area contributed by atoms with Crippen LogP contribution >= 0.6 is 0 Å². The Kier molecular flexibility index (Phi) is 1.00. The normalized spacial score (nSPS) is 10.5. The summed E-state index contributed by atoms with van der Waals surface area (Å²) in [6.45, 7) is 0. The van der Waals surface area contributed by atoms with Gasteiger partial charge in [-0.3, -0.25) is 4.79 Å². The van der Waals surface area contributed by atoms with Gasteiger partial charge in [-0.25, -0.2) is 4.52 Å². The molecule has 0 aliphatic heterocycles. The summed E-state index contributed by atoms with van der Waals surface area (Å²) in [5.74, 6) is -0.332. The van der Waals surface area contributed by atoms with Gasteiger partial charge >= 0.3 is 0 Å². The predicted octanol–water partition coefficient (Wildman–Crippen LogP) is -0.272. The molecule has 0 spiro atoms. The minimum absolute atomic E-state index is 0.332. The summed E-state index contributed by atoms with van der Waals surface area (Å²) < 4.78 is 1.39. The van der Waals surface area contributed by atoms with Gasteiger partial charge in [-0.2, -0.15) is 5.10 Å². The van der Waals surface area contributed by atoms with Crippen molar-refractivity contribution in [2.45, 2.75) is 0 Å². The van der Waals surface area contributed by atoms with E-state index in [4.69, 9.17) is 5.11 Å². The number of aromatic amines is 1. The monoisotopic (exact) mass is 151 g/mol. The van der Waals surface area contributed by atoms with E-state index in [1.165, 1.54) is 16.9 Å². The Balaban J connectivity index is 2.97. The summed E-state index contributed by atoms with van der Waals surface area (Å²) in [6.07, 6.45) is 2.79. The Morgan fingerprint density at radius 1 is 1.64 bits per heavy atom. The molecule has 0 fully saturated rings. The highest BCUT2D eigenvalue weighted by Gasteiger charge is 1.98. The molecule has 0 bridgehead atoms. The van der Waals surface area contributed by atoms with E-state index in [9.17, 15) is 4.79 Å². The second-order valence-electron chi connectivity index (χ2n) is 2.13. The van der Waals surface area contributed by atoms with E-state index >= 15 is 0 Å². The lowest BCUT2D eigenvalue weighted by atomic mass is 10.5. The van der Waals surface area contributed by atoms with Gasteiger partial charge in [0, 0.05) is 6.07 Å². The zero-order valence-electron chi connectivity index (χ0n) is 5.48. The lowest BCUT2D eigenvalue weighted by molar-refractivity contribution is 0.461. The topological polar surface area (TPSA) is 70.4 Å². The molecular formula is C6H5N3O2. The Morgan fingerprint density at radius 3 is 3.27 bits per heavy atom. The molecule has 0 aliphatic carbocycles. The third-order valence-corrected chi connectivity index (χ3v) is 1.39. The van der Waals surface area contributed by atoms with Crippen molar-refractivity contribution in [3.8, 4) is 5.75 Å². The van der Waals surface area contributed by atoms with E-state index in [0.29, 0.717) is 5.65 Å². The maximum atomic E-state index is 10.8. The number of nitrogens with zero attached hydrogens (tertiary/aromatic N) is 2. The largest absolute Gasteiger partial charge is 0.502 e. The third-order valence-electron chi connectivity index (χ3n) is 1.39. The maximum Gasteiger partial charge on any atom is 0.293 e. The van der Waals surface area contributed by atoms with Gasteiger partial charge in [0.05, 0.1) is 12.4 Å². The van der Waals surface area contributed by atoms with E-state index in [1.54, 1.807) is 6.07 Å². The molecule has 0 amide bonds. The lowest BCUT2D eigenvalue weighted by Crippen LogP contribution is -2.07. The first-order valence-electron chi connectivity index (χ1n) is 3.03. The molecule has 56 valence electrons. The van der Waals surface area contributed by atoms with Crippen molar-refractivity contribution < 1.29 is 5.11 Å². The molecule has 2 rings (SSSR count). The lowest BCUT2D eigenvalue weighted by Gasteiger charge is -1.92. The fourth-order valence-corrected chi connectivity index (χ4v) is 0.871. The molecule has 2 N–H and O–H groups in total. The standard InChI is InChI=1S/C6H5N3O2/c10-4-3-9-5(1-2-7-9)8-6(4)11/h1-3,10H,(H,8,11). The van der Waals surface area contributed by atoms with Crippen molar-refractivity contribution in [2.75, 3.05) is 0 Å². The zero-order valence-corrected chi connectivity index (χ0v) is 5.48. The van der Waals surface area contributed by atoms with Gasteiger partial charge in [0.2, 0.25) is 0 Å². The van der Waals surface area contributed by atoms with Crippen LogP contribution in [0.2, 0.25) is 0 Å². The van der Waals surface area contributed by atoms with Crippen LogP contribution < -0.4 is 5.56 Å². The van der Waals surface area contributed by atoms with E-state index < -0.39 is 5.56 Å². The highest BCUT2D eigenvalue weighted by atomic mass is 16.3. The van der Waals surface area contributed by atoms with E-state index in [-0.39, 0.29) is 5.75 Å². The fraction of sp³-hybridized carbons (Fsp3) is 0. The second kappa shape index (κ2) is 1.85. The Labute approximate surface area is 60.9 Å². The van der Waals surface area contributed by atoms with Crippen molar-refractivity contribution in [1.29, 1.82) is 0 Å². The molecule has 0 unspecified atom stereocenters. The SMILES string of the molecule is O=c1[nH]c2ccnn2cc1O. The van der Waals surface area contributed by atoms with Crippen molar-refractivity contribution in [3.63, 3.8) is 0 Å². The van der Waals surface area contributed by atoms with Gasteiger partial charge in [0.15, 0.2) is 5.75 Å². The predicted molar refractivity (Wildman–Crippen MR) is 37.5 cm³/mol. The molecule has 5 nitrogen and oxygen atoms in total. The number of aromatic nitrogens is 3. The number of rotatable bonds is 0. The van der Waals surface area contributed by atoms with Crippen LogP contribution in [0.4, 0.5) is 0 Å². The number of fused-ring (bicyclic) bond motifs is 1. The highest BCUT2D eigenvalue weighted by Crippen LogP contribution is 1.99. The number of aromatic hydroxyl groups is 1. The summed E-state index contributed by atoms with van der Waals surface area (Å²) in [7, 11) is 0. The first kappa shape index (κ1) is 5.96. The Morgan fingerprint density at radius 2 is 2.45 bits per heavy atom. The third kappa shape index (κ3) is 0.778. The van der Waals surface area contributed by atoms with Crippen molar-refractivity contribution in [3.05, 3.63) is 28.8 Å². The van der Waals surface area contributed by atoms with Crippen molar-refractivity contribution in [1.82, 2.24) is 14.6 Å². The Hall–Kier alpha value is -1.78. The summed E-state index contributed by atoms with van der Waals surface area (Å²) in [5.41, 5.74) is 0.0609. The van der Waals surface area contributed by atoms with Gasteiger partial charge in [-0.15, -0.1) is 0 Å². The molecule has 0 aromatic carbocycles. The van der Waals surface area contributed by atoms with Crippen LogP contribution in [0.5, 0.6) is 5.75 Å². The molecule has 0 saturated heterocycles. The van der Waals surface area contributed by atoms with Gasteiger partial charge in [0.1, 0.15) is 5.65 Å². The van der Waals surface area contributed by atoms with Crippen molar-refractivity contribution >= 4 is 5.65 Å². The van der Waals surface area contributed by atoms with Crippen LogP contribution in [0.3, 0.4) is 0 Å². The number of hydrogen-bond donors (Lipinski definition) is 2. The summed E-state index contributed by atoms with van der Waals surface area (Å²) in [5, 5.41) is 12.7. The molecule has 5 heteroatoms. The minimum Gasteiger partial charge on any atom is -0.502 e. The Bertz CT molecular complexity index is 442. The maximum absolute atomic E-state index is 10.8. The molecule has 2 heterocycles. The van der Waals surface area contributed by atoms with Crippen LogP contribution in [-0.4, -0.2) is 19.7 Å². The van der Waals surface area contributed by atoms with E-state index in [2.05, 4.69) is 10.1 Å². The first-order valence-corrected chi connectivity index (χ1v) is 3.03. The van der Waals surface area contributed by atoms with Gasteiger partial charge < -0.3 is 10.1 Å². The molecule has 2 aromatic heterocycles. The van der Waals surface area contributed by atoms with Crippen LogP contribution in [0.15, 0.2) is 23.3 Å². The zero-order chi connectivity index (χ0) is 7.84. The van der Waals surface area contributed by atoms with E-state index in [0.717, 1.165) is 0 Å². The van der Waals surface area contributed by atoms with Gasteiger partial charge in [-0.1, -0.05) is 0 Å². The highest BCUT2D eigenvalue weighted by molar-refractivity contribution is 5.36. The average Bonchev–Trinajstić information content (AvgIpc) is 2.36. The quantitative estimate of drug-likeness (QED) is 0.544. The molecule has 2 aromatic rings. The summed E-state index contributed by atoms with van der Waals surface area (Å²) in [6, 6.07) is 1.64. The van der Waals surface area contributed by atoms with Crippen molar-refractivity contribution in [2.24, 2.45) is 0 Å². The van der Waals surface area contributed by atoms with Crippen LogP contribution in [0.1, 0.15) is 0 Å². The number of nitrogens with one attached hydrogen (secondary N) is 1. The summed E-state index contributed by atoms with van der Waals surface area (Å²) >= 11 is 0. The fourth-order valence-electron chi connectivity index (χ4n) is 0.871. The van der Waals surface area contributed by atoms with Crippen LogP contribution in [0, 0.1) is 0 Å². The first-order chi connectivity index (χ1) is 5.27. The molecule has 0 saturated carbocycles.